The fourth-order valence-corrected chi connectivity index (χ4v) is 4.72. The van der Waals surface area contributed by atoms with E-state index in [9.17, 15) is 4.79 Å². The minimum atomic E-state index is -0.0357. The number of amides is 1. The number of ether oxygens (including phenoxy) is 2. The summed E-state index contributed by atoms with van der Waals surface area (Å²) in [4.78, 5) is 18.8. The van der Waals surface area contributed by atoms with Crippen molar-refractivity contribution in [2.45, 2.75) is 56.6 Å². The molecule has 6 nitrogen and oxygen atoms in total. The number of morpholine rings is 1. The summed E-state index contributed by atoms with van der Waals surface area (Å²) < 4.78 is 11.5. The molecule has 3 aliphatic rings. The van der Waals surface area contributed by atoms with E-state index in [1.165, 1.54) is 19.3 Å². The third kappa shape index (κ3) is 4.39. The molecule has 2 aliphatic heterocycles. The Kier molecular flexibility index (Phi) is 5.85. The van der Waals surface area contributed by atoms with Gasteiger partial charge in [0.1, 0.15) is 5.82 Å². The first kappa shape index (κ1) is 19.0. The summed E-state index contributed by atoms with van der Waals surface area (Å²) in [5, 5.41) is 4.00. The molecule has 1 amide bonds. The van der Waals surface area contributed by atoms with Gasteiger partial charge in [0.2, 0.25) is 0 Å². The van der Waals surface area contributed by atoms with Crippen molar-refractivity contribution in [1.82, 2.24) is 9.88 Å². The number of anilines is 1. The number of halogens is 1. The van der Waals surface area contributed by atoms with Crippen molar-refractivity contribution in [1.29, 1.82) is 0 Å². The van der Waals surface area contributed by atoms with Crippen LogP contribution >= 0.6 is 11.6 Å². The van der Waals surface area contributed by atoms with Crippen molar-refractivity contribution in [3.05, 3.63) is 22.8 Å². The van der Waals surface area contributed by atoms with Gasteiger partial charge in [-0.3, -0.25) is 4.79 Å². The number of pyridine rings is 1. The van der Waals surface area contributed by atoms with Crippen LogP contribution in [0.1, 0.15) is 55.3 Å². The van der Waals surface area contributed by atoms with Gasteiger partial charge < -0.3 is 19.7 Å². The first-order chi connectivity index (χ1) is 13.2. The highest BCUT2D eigenvalue weighted by Crippen LogP contribution is 2.39. The number of hydrogen-bond acceptors (Lipinski definition) is 5. The molecule has 0 radical (unpaired) electrons. The van der Waals surface area contributed by atoms with Gasteiger partial charge in [-0.2, -0.15) is 0 Å². The SMILES string of the molecule is O=C(c1cnc(NC2CCOC3(CCCCC3)C2)c(Cl)c1)N1CCOCC1. The Morgan fingerprint density at radius 2 is 2.00 bits per heavy atom. The summed E-state index contributed by atoms with van der Waals surface area (Å²) in [6.45, 7) is 3.17. The average Bonchev–Trinajstić information content (AvgIpc) is 2.70. The van der Waals surface area contributed by atoms with Crippen molar-refractivity contribution in [2.75, 3.05) is 38.2 Å². The largest absolute Gasteiger partial charge is 0.378 e. The molecule has 1 aromatic heterocycles. The van der Waals surface area contributed by atoms with Gasteiger partial charge in [-0.15, -0.1) is 0 Å². The average molecular weight is 394 g/mol. The van der Waals surface area contributed by atoms with E-state index in [0.717, 1.165) is 32.3 Å². The Bertz CT molecular complexity index is 667. The van der Waals surface area contributed by atoms with E-state index in [1.54, 1.807) is 17.2 Å². The molecule has 0 bridgehead atoms. The first-order valence-electron chi connectivity index (χ1n) is 10.1. The zero-order valence-corrected chi connectivity index (χ0v) is 16.5. The molecule has 1 N–H and O–H groups in total. The minimum absolute atomic E-state index is 0.0346. The zero-order chi connectivity index (χ0) is 18.7. The highest BCUT2D eigenvalue weighted by Gasteiger charge is 2.38. The molecule has 4 rings (SSSR count). The van der Waals surface area contributed by atoms with Crippen molar-refractivity contribution >= 4 is 23.3 Å². The van der Waals surface area contributed by atoms with Crippen LogP contribution in [0, 0.1) is 0 Å². The summed E-state index contributed by atoms with van der Waals surface area (Å²) >= 11 is 6.46. The topological polar surface area (TPSA) is 63.7 Å². The lowest BCUT2D eigenvalue weighted by atomic mass is 9.78. The van der Waals surface area contributed by atoms with E-state index in [-0.39, 0.29) is 11.5 Å². The highest BCUT2D eigenvalue weighted by atomic mass is 35.5. The van der Waals surface area contributed by atoms with E-state index in [4.69, 9.17) is 21.1 Å². The number of carbonyl (C=O) groups is 1. The smallest absolute Gasteiger partial charge is 0.255 e. The molecule has 1 saturated carbocycles. The zero-order valence-electron chi connectivity index (χ0n) is 15.7. The third-order valence-corrected chi connectivity index (χ3v) is 6.27. The second-order valence-corrected chi connectivity index (χ2v) is 8.29. The van der Waals surface area contributed by atoms with E-state index in [0.29, 0.717) is 48.7 Å². The standard InChI is InChI=1S/C20H28ClN3O3/c21-17-12-15(19(25)24-7-10-26-11-8-24)14-22-18(17)23-16-4-9-27-20(13-16)5-2-1-3-6-20/h12,14,16H,1-11,13H2,(H,22,23). The summed E-state index contributed by atoms with van der Waals surface area (Å²) in [5.74, 6) is 0.625. The normalized spacial score (nSPS) is 25.4. The Hall–Kier alpha value is -1.37. The molecule has 1 aromatic rings. The van der Waals surface area contributed by atoms with Gasteiger partial charge in [0.15, 0.2) is 0 Å². The maximum Gasteiger partial charge on any atom is 0.255 e. The predicted octanol–water partition coefficient (Wildman–Crippen LogP) is 3.50. The van der Waals surface area contributed by atoms with Gasteiger partial charge in [0.05, 0.1) is 29.4 Å². The summed E-state index contributed by atoms with van der Waals surface area (Å²) in [6.07, 6.45) is 9.71. The summed E-state index contributed by atoms with van der Waals surface area (Å²) in [7, 11) is 0. The molecule has 1 atom stereocenters. The van der Waals surface area contributed by atoms with Crippen LogP contribution in [0.15, 0.2) is 12.3 Å². The van der Waals surface area contributed by atoms with Gasteiger partial charge in [-0.05, 0) is 31.7 Å². The van der Waals surface area contributed by atoms with Crippen LogP contribution in [0.25, 0.3) is 0 Å². The van der Waals surface area contributed by atoms with Crippen LogP contribution in [-0.4, -0.2) is 60.3 Å². The molecular formula is C20H28ClN3O3. The van der Waals surface area contributed by atoms with E-state index >= 15 is 0 Å². The van der Waals surface area contributed by atoms with Crippen LogP contribution in [0.3, 0.4) is 0 Å². The van der Waals surface area contributed by atoms with Gasteiger partial charge in [0.25, 0.3) is 5.91 Å². The number of nitrogens with zero attached hydrogens (tertiary/aromatic N) is 2. The van der Waals surface area contributed by atoms with E-state index in [1.807, 2.05) is 0 Å². The van der Waals surface area contributed by atoms with Gasteiger partial charge >= 0.3 is 0 Å². The number of carbonyl (C=O) groups excluding carboxylic acids is 1. The lowest BCUT2D eigenvalue weighted by Gasteiger charge is -2.43. The Morgan fingerprint density at radius 3 is 2.74 bits per heavy atom. The lowest BCUT2D eigenvalue weighted by Crippen LogP contribution is -2.45. The van der Waals surface area contributed by atoms with Crippen molar-refractivity contribution < 1.29 is 14.3 Å². The maximum absolute atomic E-state index is 12.6. The quantitative estimate of drug-likeness (QED) is 0.851. The number of nitrogens with one attached hydrogen (secondary N) is 1. The molecule has 2 saturated heterocycles. The molecule has 27 heavy (non-hydrogen) atoms. The number of hydrogen-bond donors (Lipinski definition) is 1. The lowest BCUT2D eigenvalue weighted by molar-refractivity contribution is -0.103. The number of aromatic nitrogens is 1. The molecule has 7 heteroatoms. The summed E-state index contributed by atoms with van der Waals surface area (Å²) in [5.41, 5.74) is 0.565. The van der Waals surface area contributed by atoms with E-state index in [2.05, 4.69) is 10.3 Å². The Balaban J connectivity index is 1.41. The summed E-state index contributed by atoms with van der Waals surface area (Å²) in [6, 6.07) is 2.03. The maximum atomic E-state index is 12.6. The Labute approximate surface area is 165 Å². The van der Waals surface area contributed by atoms with Crippen molar-refractivity contribution in [2.24, 2.45) is 0 Å². The van der Waals surface area contributed by atoms with Crippen LogP contribution < -0.4 is 5.32 Å². The van der Waals surface area contributed by atoms with Crippen molar-refractivity contribution in [3.63, 3.8) is 0 Å². The fraction of sp³-hybridized carbons (Fsp3) is 0.700. The van der Waals surface area contributed by atoms with Crippen LogP contribution in [0.2, 0.25) is 5.02 Å². The second kappa shape index (κ2) is 8.33. The van der Waals surface area contributed by atoms with Crippen molar-refractivity contribution in [3.8, 4) is 0 Å². The van der Waals surface area contributed by atoms with Crippen LogP contribution in [0.5, 0.6) is 0 Å². The molecule has 1 aliphatic carbocycles. The van der Waals surface area contributed by atoms with Gasteiger partial charge in [-0.25, -0.2) is 4.98 Å². The fourth-order valence-electron chi connectivity index (χ4n) is 4.50. The van der Waals surface area contributed by atoms with E-state index < -0.39 is 0 Å². The Morgan fingerprint density at radius 1 is 1.22 bits per heavy atom. The molecule has 3 fully saturated rings. The third-order valence-electron chi connectivity index (χ3n) is 5.99. The predicted molar refractivity (Wildman–Crippen MR) is 104 cm³/mol. The van der Waals surface area contributed by atoms with Gasteiger partial charge in [-0.1, -0.05) is 30.9 Å². The number of rotatable bonds is 3. The van der Waals surface area contributed by atoms with Gasteiger partial charge in [0, 0.05) is 31.9 Å². The highest BCUT2D eigenvalue weighted by molar-refractivity contribution is 6.33. The second-order valence-electron chi connectivity index (χ2n) is 7.89. The molecule has 0 aromatic carbocycles. The molecule has 148 valence electrons. The minimum Gasteiger partial charge on any atom is -0.378 e. The molecule has 3 heterocycles. The van der Waals surface area contributed by atoms with Crippen LogP contribution in [-0.2, 0) is 9.47 Å². The molecule has 1 unspecified atom stereocenters. The monoisotopic (exact) mass is 393 g/mol. The van der Waals surface area contributed by atoms with Crippen LogP contribution in [0.4, 0.5) is 5.82 Å². The molecule has 1 spiro atoms. The molecular weight excluding hydrogens is 366 g/mol. The first-order valence-corrected chi connectivity index (χ1v) is 10.5.